The minimum Gasteiger partial charge on any atom is -0.427 e. The number of fused-ring (bicyclic) bond motifs is 1. The van der Waals surface area contributed by atoms with Crippen LogP contribution in [0.25, 0.3) is 0 Å². The summed E-state index contributed by atoms with van der Waals surface area (Å²) in [4.78, 5) is 26.7. The van der Waals surface area contributed by atoms with Gasteiger partial charge in [0.2, 0.25) is 5.91 Å². The van der Waals surface area contributed by atoms with E-state index in [2.05, 4.69) is 53.7 Å². The Morgan fingerprint density at radius 2 is 1.89 bits per heavy atom. The number of hydrogen-bond acceptors (Lipinski definition) is 4. The maximum absolute atomic E-state index is 12.8. The number of aryl methyl sites for hydroxylation is 1. The number of rotatable bonds is 9. The molecule has 2 aromatic carbocycles. The first-order valence-electron chi connectivity index (χ1n) is 13.3. The zero-order chi connectivity index (χ0) is 24.7. The van der Waals surface area contributed by atoms with Crippen LogP contribution in [0.1, 0.15) is 69.4 Å². The van der Waals surface area contributed by atoms with Crippen LogP contribution in [0.2, 0.25) is 0 Å². The number of ether oxygens (including phenoxy) is 1. The Bertz CT molecular complexity index is 992. The zero-order valence-electron chi connectivity index (χ0n) is 21.3. The van der Waals surface area contributed by atoms with Gasteiger partial charge in [-0.05, 0) is 87.7 Å². The van der Waals surface area contributed by atoms with Crippen molar-refractivity contribution in [3.8, 4) is 5.75 Å². The summed E-state index contributed by atoms with van der Waals surface area (Å²) in [6.07, 6.45) is 8.97. The van der Waals surface area contributed by atoms with E-state index in [1.807, 2.05) is 18.2 Å². The summed E-state index contributed by atoms with van der Waals surface area (Å²) < 4.78 is 5.41. The average molecular weight is 477 g/mol. The summed E-state index contributed by atoms with van der Waals surface area (Å²) in [6.45, 7) is 3.55. The Hall–Kier alpha value is -2.66. The zero-order valence-corrected chi connectivity index (χ0v) is 21.3. The molecule has 4 rings (SSSR count). The normalized spacial score (nSPS) is 24.4. The SMILES string of the molecule is CC(=O)Oc1cccc([C@@]23CCN(C)C[C@H]2CC[C@H](NC(=O)CCCCCc2ccccc2)C3)c1. The van der Waals surface area contributed by atoms with Gasteiger partial charge in [0, 0.05) is 31.3 Å². The molecule has 0 bridgehead atoms. The van der Waals surface area contributed by atoms with Gasteiger partial charge in [0.25, 0.3) is 0 Å². The lowest BCUT2D eigenvalue weighted by atomic mass is 9.58. The molecule has 1 aliphatic carbocycles. The van der Waals surface area contributed by atoms with Gasteiger partial charge in [0.05, 0.1) is 0 Å². The smallest absolute Gasteiger partial charge is 0.308 e. The van der Waals surface area contributed by atoms with Gasteiger partial charge in [-0.25, -0.2) is 0 Å². The Morgan fingerprint density at radius 3 is 2.69 bits per heavy atom. The molecule has 1 aliphatic heterocycles. The lowest BCUT2D eigenvalue weighted by Crippen LogP contribution is -2.55. The molecule has 5 nitrogen and oxygen atoms in total. The fourth-order valence-electron chi connectivity index (χ4n) is 6.21. The van der Waals surface area contributed by atoms with E-state index in [1.165, 1.54) is 18.1 Å². The molecule has 2 fully saturated rings. The molecule has 0 unspecified atom stereocenters. The summed E-state index contributed by atoms with van der Waals surface area (Å²) in [5.74, 6) is 1.05. The molecule has 1 N–H and O–H groups in total. The molecule has 5 heteroatoms. The molecular formula is C30H40N2O3. The van der Waals surface area contributed by atoms with Crippen LogP contribution in [-0.2, 0) is 21.4 Å². The van der Waals surface area contributed by atoms with Crippen LogP contribution in [0.3, 0.4) is 0 Å². The minimum atomic E-state index is -0.294. The lowest BCUT2D eigenvalue weighted by molar-refractivity contribution is -0.132. The molecule has 2 aliphatic rings. The van der Waals surface area contributed by atoms with E-state index in [0.717, 1.165) is 64.5 Å². The Kier molecular flexibility index (Phi) is 8.61. The van der Waals surface area contributed by atoms with Gasteiger partial charge in [0.1, 0.15) is 5.75 Å². The van der Waals surface area contributed by atoms with E-state index in [9.17, 15) is 9.59 Å². The van der Waals surface area contributed by atoms with Crippen LogP contribution >= 0.6 is 0 Å². The van der Waals surface area contributed by atoms with Crippen LogP contribution in [-0.4, -0.2) is 43.0 Å². The summed E-state index contributed by atoms with van der Waals surface area (Å²) in [6, 6.07) is 18.8. The fraction of sp³-hybridized carbons (Fsp3) is 0.533. The number of carbonyl (C=O) groups is 2. The van der Waals surface area contributed by atoms with Gasteiger partial charge in [-0.15, -0.1) is 0 Å². The van der Waals surface area contributed by atoms with E-state index in [-0.39, 0.29) is 23.3 Å². The van der Waals surface area contributed by atoms with E-state index in [0.29, 0.717) is 18.1 Å². The van der Waals surface area contributed by atoms with Crippen LogP contribution in [0.15, 0.2) is 54.6 Å². The van der Waals surface area contributed by atoms with Gasteiger partial charge < -0.3 is 15.0 Å². The molecule has 0 radical (unpaired) electrons. The molecular weight excluding hydrogens is 436 g/mol. The van der Waals surface area contributed by atoms with Crippen molar-refractivity contribution >= 4 is 11.9 Å². The number of likely N-dealkylation sites (tertiary alicyclic amines) is 1. The first-order valence-corrected chi connectivity index (χ1v) is 13.3. The number of unbranched alkanes of at least 4 members (excludes halogenated alkanes) is 2. The lowest BCUT2D eigenvalue weighted by Gasteiger charge is -2.52. The summed E-state index contributed by atoms with van der Waals surface area (Å²) in [7, 11) is 2.20. The first-order chi connectivity index (χ1) is 16.9. The molecule has 0 aromatic heterocycles. The van der Waals surface area contributed by atoms with Gasteiger partial charge in [-0.1, -0.05) is 48.9 Å². The van der Waals surface area contributed by atoms with Crippen molar-refractivity contribution in [1.82, 2.24) is 10.2 Å². The summed E-state index contributed by atoms with van der Waals surface area (Å²) in [5.41, 5.74) is 2.62. The molecule has 188 valence electrons. The third-order valence-electron chi connectivity index (χ3n) is 7.98. The van der Waals surface area contributed by atoms with Gasteiger partial charge in [-0.3, -0.25) is 9.59 Å². The molecule has 1 saturated carbocycles. The Labute approximate surface area is 210 Å². The van der Waals surface area contributed by atoms with Crippen LogP contribution in [0, 0.1) is 5.92 Å². The van der Waals surface area contributed by atoms with Gasteiger partial charge in [0.15, 0.2) is 0 Å². The number of esters is 1. The van der Waals surface area contributed by atoms with E-state index >= 15 is 0 Å². The third-order valence-corrected chi connectivity index (χ3v) is 7.98. The largest absolute Gasteiger partial charge is 0.427 e. The van der Waals surface area contributed by atoms with Gasteiger partial charge in [-0.2, -0.15) is 0 Å². The number of amides is 1. The molecule has 1 saturated heterocycles. The summed E-state index contributed by atoms with van der Waals surface area (Å²) >= 11 is 0. The van der Waals surface area contributed by atoms with Crippen molar-refractivity contribution in [2.75, 3.05) is 20.1 Å². The average Bonchev–Trinajstić information content (AvgIpc) is 2.84. The topological polar surface area (TPSA) is 58.6 Å². The number of piperidine rings is 1. The number of carbonyl (C=O) groups excluding carboxylic acids is 2. The minimum absolute atomic E-state index is 0.00848. The number of benzene rings is 2. The predicted molar refractivity (Wildman–Crippen MR) is 139 cm³/mol. The van der Waals surface area contributed by atoms with E-state index < -0.39 is 0 Å². The number of hydrogen-bond donors (Lipinski definition) is 1. The highest BCUT2D eigenvalue weighted by atomic mass is 16.5. The van der Waals surface area contributed by atoms with E-state index in [4.69, 9.17) is 4.74 Å². The molecule has 3 atom stereocenters. The number of nitrogens with one attached hydrogen (secondary N) is 1. The Morgan fingerprint density at radius 1 is 1.06 bits per heavy atom. The predicted octanol–water partition coefficient (Wildman–Crippen LogP) is 5.27. The van der Waals surface area contributed by atoms with Gasteiger partial charge >= 0.3 is 5.97 Å². The maximum Gasteiger partial charge on any atom is 0.308 e. The van der Waals surface area contributed by atoms with Crippen LogP contribution in [0.5, 0.6) is 5.75 Å². The van der Waals surface area contributed by atoms with Crippen LogP contribution in [0.4, 0.5) is 0 Å². The van der Waals surface area contributed by atoms with E-state index in [1.54, 1.807) is 0 Å². The highest BCUT2D eigenvalue weighted by Gasteiger charge is 2.47. The van der Waals surface area contributed by atoms with Crippen molar-refractivity contribution in [3.05, 3.63) is 65.7 Å². The van der Waals surface area contributed by atoms with Crippen molar-refractivity contribution in [2.24, 2.45) is 5.92 Å². The maximum atomic E-state index is 12.8. The second-order valence-electron chi connectivity index (χ2n) is 10.6. The highest BCUT2D eigenvalue weighted by Crippen LogP contribution is 2.49. The van der Waals surface area contributed by atoms with Crippen molar-refractivity contribution < 1.29 is 14.3 Å². The second-order valence-corrected chi connectivity index (χ2v) is 10.6. The Balaban J connectivity index is 1.34. The quantitative estimate of drug-likeness (QED) is 0.304. The monoisotopic (exact) mass is 476 g/mol. The van der Waals surface area contributed by atoms with Crippen LogP contribution < -0.4 is 10.1 Å². The molecule has 0 spiro atoms. The molecule has 1 amide bonds. The standard InChI is InChI=1S/C30H40N2O3/c1-23(33)35-28-14-9-13-25(20-28)30-18-19-32(2)22-26(30)16-17-27(21-30)31-29(34)15-8-4-7-12-24-10-5-3-6-11-24/h3,5-6,9-11,13-14,20,26-27H,4,7-8,12,15-19,21-22H2,1-2H3,(H,31,34)/t26-,27+,30+/m1/s1. The van der Waals surface area contributed by atoms with Crippen molar-refractivity contribution in [1.29, 1.82) is 0 Å². The van der Waals surface area contributed by atoms with Crippen molar-refractivity contribution in [3.63, 3.8) is 0 Å². The number of nitrogens with zero attached hydrogens (tertiary/aromatic N) is 1. The highest BCUT2D eigenvalue weighted by molar-refractivity contribution is 5.76. The molecule has 2 aromatic rings. The van der Waals surface area contributed by atoms with Crippen molar-refractivity contribution in [2.45, 2.75) is 76.2 Å². The summed E-state index contributed by atoms with van der Waals surface area (Å²) in [5, 5.41) is 3.38. The third kappa shape index (κ3) is 6.72. The second kappa shape index (κ2) is 11.9. The fourth-order valence-corrected chi connectivity index (χ4v) is 6.21. The molecule has 1 heterocycles. The first kappa shape index (κ1) is 25.4. The molecule has 35 heavy (non-hydrogen) atoms.